The van der Waals surface area contributed by atoms with Crippen molar-refractivity contribution in [2.45, 2.75) is 32.4 Å². The van der Waals surface area contributed by atoms with Gasteiger partial charge in [-0.1, -0.05) is 0 Å². The lowest BCUT2D eigenvalue weighted by Crippen LogP contribution is -2.37. The molecule has 0 bridgehead atoms. The lowest BCUT2D eigenvalue weighted by molar-refractivity contribution is -0.133. The van der Waals surface area contributed by atoms with Gasteiger partial charge in [-0.3, -0.25) is 9.59 Å². The molecule has 3 heterocycles. The van der Waals surface area contributed by atoms with Crippen LogP contribution in [0.3, 0.4) is 0 Å². The number of carbonyl (C=O) groups is 1. The molecule has 2 aromatic rings. The van der Waals surface area contributed by atoms with Crippen LogP contribution >= 0.6 is 0 Å². The number of carbonyl (C=O) groups excluding carboxylic acids is 1. The molecule has 7 nitrogen and oxygen atoms in total. The minimum Gasteiger partial charge on any atom is -0.373 e. The summed E-state index contributed by atoms with van der Waals surface area (Å²) in [5.41, 5.74) is 1.52. The number of amides is 1. The van der Waals surface area contributed by atoms with Gasteiger partial charge in [0.15, 0.2) is 0 Å². The molecule has 3 rings (SSSR count). The number of rotatable bonds is 4. The maximum atomic E-state index is 12.7. The molecule has 2 aromatic heterocycles. The van der Waals surface area contributed by atoms with Crippen LogP contribution in [-0.2, 0) is 11.3 Å². The maximum Gasteiger partial charge on any atom is 0.267 e. The number of anilines is 1. The quantitative estimate of drug-likeness (QED) is 0.917. The summed E-state index contributed by atoms with van der Waals surface area (Å²) < 4.78 is 1.23. The molecule has 7 heteroatoms. The van der Waals surface area contributed by atoms with E-state index >= 15 is 0 Å². The van der Waals surface area contributed by atoms with Gasteiger partial charge in [0.05, 0.1) is 11.7 Å². The molecular formula is C17H21N5O2. The van der Waals surface area contributed by atoms with Crippen LogP contribution in [0.1, 0.15) is 30.1 Å². The molecule has 0 aliphatic carbocycles. The smallest absolute Gasteiger partial charge is 0.267 e. The lowest BCUT2D eigenvalue weighted by atomic mass is 10.1. The number of nitrogens with zero attached hydrogens (tertiary/aromatic N) is 4. The van der Waals surface area contributed by atoms with Crippen LogP contribution in [0.5, 0.6) is 0 Å². The summed E-state index contributed by atoms with van der Waals surface area (Å²) in [5, 5.41) is 7.16. The van der Waals surface area contributed by atoms with Gasteiger partial charge < -0.3 is 10.2 Å². The van der Waals surface area contributed by atoms with E-state index in [9.17, 15) is 9.59 Å². The van der Waals surface area contributed by atoms with Crippen LogP contribution in [0.25, 0.3) is 0 Å². The minimum absolute atomic E-state index is 0.0214. The first-order valence-corrected chi connectivity index (χ1v) is 8.06. The second kappa shape index (κ2) is 6.82. The van der Waals surface area contributed by atoms with Gasteiger partial charge in [-0.15, -0.1) is 0 Å². The Kier molecular flexibility index (Phi) is 4.59. The Morgan fingerprint density at radius 2 is 2.21 bits per heavy atom. The van der Waals surface area contributed by atoms with E-state index in [4.69, 9.17) is 0 Å². The van der Waals surface area contributed by atoms with Crippen LogP contribution < -0.4 is 10.9 Å². The van der Waals surface area contributed by atoms with Crippen molar-refractivity contribution in [3.63, 3.8) is 0 Å². The van der Waals surface area contributed by atoms with Crippen molar-refractivity contribution in [1.29, 1.82) is 0 Å². The van der Waals surface area contributed by atoms with Gasteiger partial charge in [0, 0.05) is 25.9 Å². The number of likely N-dealkylation sites (tertiary alicyclic amines) is 1. The molecule has 1 fully saturated rings. The van der Waals surface area contributed by atoms with Gasteiger partial charge in [-0.25, -0.2) is 9.67 Å². The normalized spacial score (nSPS) is 17.1. The van der Waals surface area contributed by atoms with E-state index in [1.54, 1.807) is 19.2 Å². The predicted molar refractivity (Wildman–Crippen MR) is 90.7 cm³/mol. The molecule has 0 aromatic carbocycles. The first-order valence-electron chi connectivity index (χ1n) is 8.06. The van der Waals surface area contributed by atoms with Gasteiger partial charge in [-0.05, 0) is 43.5 Å². The van der Waals surface area contributed by atoms with Crippen LogP contribution in [-0.4, -0.2) is 39.2 Å². The summed E-state index contributed by atoms with van der Waals surface area (Å²) in [6, 6.07) is 7.02. The van der Waals surface area contributed by atoms with Crippen LogP contribution in [0.4, 0.5) is 5.82 Å². The highest BCUT2D eigenvalue weighted by atomic mass is 16.2. The average Bonchev–Trinajstić information content (AvgIpc) is 3.08. The zero-order chi connectivity index (χ0) is 17.1. The van der Waals surface area contributed by atoms with Crippen molar-refractivity contribution >= 4 is 11.7 Å². The standard InChI is InChI=1S/C17H21N5O2/c1-12-5-6-16(23)22(20-12)11-17(24)21-9-3-4-14(21)13-7-8-19-15(10-13)18-2/h5-8,10,14H,3-4,9,11H2,1-2H3,(H,18,19)/t14-/m0/s1. The molecule has 0 unspecified atom stereocenters. The summed E-state index contributed by atoms with van der Waals surface area (Å²) in [6.07, 6.45) is 3.60. The fourth-order valence-electron chi connectivity index (χ4n) is 3.09. The molecule has 24 heavy (non-hydrogen) atoms. The summed E-state index contributed by atoms with van der Waals surface area (Å²) in [5.74, 6) is 0.698. The van der Waals surface area contributed by atoms with E-state index in [1.807, 2.05) is 24.1 Å². The van der Waals surface area contributed by atoms with Crippen molar-refractivity contribution < 1.29 is 4.79 Å². The Labute approximate surface area is 140 Å². The average molecular weight is 327 g/mol. The van der Waals surface area contributed by atoms with Crippen molar-refractivity contribution in [2.24, 2.45) is 0 Å². The monoisotopic (exact) mass is 327 g/mol. The van der Waals surface area contributed by atoms with E-state index < -0.39 is 0 Å². The van der Waals surface area contributed by atoms with Crippen LogP contribution in [0.15, 0.2) is 35.3 Å². The Hall–Kier alpha value is -2.70. The molecule has 1 aliphatic rings. The molecule has 1 aliphatic heterocycles. The highest BCUT2D eigenvalue weighted by Crippen LogP contribution is 2.32. The Morgan fingerprint density at radius 1 is 1.38 bits per heavy atom. The number of aromatic nitrogens is 3. The highest BCUT2D eigenvalue weighted by Gasteiger charge is 2.30. The molecular weight excluding hydrogens is 306 g/mol. The van der Waals surface area contributed by atoms with Gasteiger partial charge >= 0.3 is 0 Å². The van der Waals surface area contributed by atoms with Gasteiger partial charge in [0.2, 0.25) is 5.91 Å². The Bertz CT molecular complexity index is 802. The molecule has 0 saturated carbocycles. The number of hydrogen-bond acceptors (Lipinski definition) is 5. The van der Waals surface area contributed by atoms with E-state index in [-0.39, 0.29) is 24.1 Å². The van der Waals surface area contributed by atoms with Crippen molar-refractivity contribution in [2.75, 3.05) is 18.9 Å². The fraction of sp³-hybridized carbons (Fsp3) is 0.412. The first-order chi connectivity index (χ1) is 11.6. The third-order valence-corrected chi connectivity index (χ3v) is 4.28. The maximum absolute atomic E-state index is 12.7. The summed E-state index contributed by atoms with van der Waals surface area (Å²) in [4.78, 5) is 30.6. The number of nitrogens with one attached hydrogen (secondary N) is 1. The third kappa shape index (κ3) is 3.29. The van der Waals surface area contributed by atoms with E-state index in [1.165, 1.54) is 10.7 Å². The Morgan fingerprint density at radius 3 is 3.00 bits per heavy atom. The van der Waals surface area contributed by atoms with Crippen molar-refractivity contribution in [3.05, 3.63) is 52.1 Å². The molecule has 1 N–H and O–H groups in total. The predicted octanol–water partition coefficient (Wildman–Crippen LogP) is 1.35. The number of pyridine rings is 1. The second-order valence-electron chi connectivity index (χ2n) is 5.94. The van der Waals surface area contributed by atoms with Gasteiger partial charge in [0.25, 0.3) is 5.56 Å². The Balaban J connectivity index is 1.80. The number of hydrogen-bond donors (Lipinski definition) is 1. The van der Waals surface area contributed by atoms with E-state index in [2.05, 4.69) is 15.4 Å². The van der Waals surface area contributed by atoms with E-state index in [0.717, 1.165) is 24.2 Å². The van der Waals surface area contributed by atoms with Crippen molar-refractivity contribution in [3.8, 4) is 0 Å². The van der Waals surface area contributed by atoms with E-state index in [0.29, 0.717) is 12.2 Å². The SMILES string of the molecule is CNc1cc([C@@H]2CCCN2C(=O)Cn2nc(C)ccc2=O)ccn1. The van der Waals surface area contributed by atoms with Crippen molar-refractivity contribution in [1.82, 2.24) is 19.7 Å². The highest BCUT2D eigenvalue weighted by molar-refractivity contribution is 5.76. The zero-order valence-electron chi connectivity index (χ0n) is 13.9. The second-order valence-corrected chi connectivity index (χ2v) is 5.94. The molecule has 126 valence electrons. The van der Waals surface area contributed by atoms with Gasteiger partial charge in [-0.2, -0.15) is 5.10 Å². The molecule has 0 radical (unpaired) electrons. The fourth-order valence-corrected chi connectivity index (χ4v) is 3.09. The molecule has 1 amide bonds. The molecule has 0 spiro atoms. The molecule has 1 saturated heterocycles. The zero-order valence-corrected chi connectivity index (χ0v) is 13.9. The van der Waals surface area contributed by atoms with Crippen LogP contribution in [0, 0.1) is 6.92 Å². The summed E-state index contributed by atoms with van der Waals surface area (Å²) in [7, 11) is 1.82. The first kappa shape index (κ1) is 16.2. The number of aryl methyl sites for hydroxylation is 1. The lowest BCUT2D eigenvalue weighted by Gasteiger charge is -2.25. The summed E-state index contributed by atoms with van der Waals surface area (Å²) in [6.45, 7) is 2.47. The topological polar surface area (TPSA) is 80.1 Å². The largest absolute Gasteiger partial charge is 0.373 e. The summed E-state index contributed by atoms with van der Waals surface area (Å²) >= 11 is 0. The van der Waals surface area contributed by atoms with Crippen LogP contribution in [0.2, 0.25) is 0 Å². The van der Waals surface area contributed by atoms with Gasteiger partial charge in [0.1, 0.15) is 12.4 Å². The minimum atomic E-state index is -0.258. The third-order valence-electron chi connectivity index (χ3n) is 4.28. The molecule has 1 atom stereocenters.